The highest BCUT2D eigenvalue weighted by Crippen LogP contribution is 2.07. The summed E-state index contributed by atoms with van der Waals surface area (Å²) in [5, 5.41) is 13.6. The van der Waals surface area contributed by atoms with Crippen LogP contribution in [0.15, 0.2) is 42.7 Å². The van der Waals surface area contributed by atoms with Crippen LogP contribution < -0.4 is 4.52 Å². The number of nitrogens with one attached hydrogen (secondary N) is 1. The first-order valence-corrected chi connectivity index (χ1v) is 5.87. The zero-order valence-corrected chi connectivity index (χ0v) is 10.3. The van der Waals surface area contributed by atoms with Gasteiger partial charge in [0.15, 0.2) is 12.4 Å². The van der Waals surface area contributed by atoms with Crippen LogP contribution in [0.1, 0.15) is 11.4 Å². The number of H-pyrrole nitrogens is 1. The van der Waals surface area contributed by atoms with Crippen LogP contribution in [0.2, 0.25) is 0 Å². The molecule has 0 atom stereocenters. The molecule has 1 N–H and O–H groups in total. The van der Waals surface area contributed by atoms with E-state index in [0.717, 1.165) is 5.56 Å². The molecular weight excluding hydrogens is 258 g/mol. The second kappa shape index (κ2) is 4.88. The maximum Gasteiger partial charge on any atom is 0.457 e. The molecule has 0 aliphatic heterocycles. The molecule has 2 heterocycles. The van der Waals surface area contributed by atoms with Gasteiger partial charge in [-0.05, 0) is 16.6 Å². The molecule has 0 spiro atoms. The summed E-state index contributed by atoms with van der Waals surface area (Å²) in [5.74, 6) is 0.949. The summed E-state index contributed by atoms with van der Waals surface area (Å²) in [7, 11) is 0. The molecule has 7 nitrogen and oxygen atoms in total. The molecule has 0 unspecified atom stereocenters. The normalized spacial score (nSPS) is 11.2. The Morgan fingerprint density at radius 1 is 1.25 bits per heavy atom. The molecule has 0 radical (unpaired) electrons. The van der Waals surface area contributed by atoms with Crippen molar-refractivity contribution in [3.63, 3.8) is 0 Å². The van der Waals surface area contributed by atoms with Crippen molar-refractivity contribution in [1.82, 2.24) is 15.1 Å². The molecule has 0 aliphatic carbocycles. The number of nitrogens with zero attached hydrogens (tertiary/aromatic N) is 4. The highest BCUT2D eigenvalue weighted by Gasteiger charge is 2.16. The summed E-state index contributed by atoms with van der Waals surface area (Å²) in [6.07, 6.45) is 6.21. The van der Waals surface area contributed by atoms with E-state index in [1.807, 2.05) is 36.4 Å². The lowest BCUT2D eigenvalue weighted by Crippen LogP contribution is -2.24. The number of benzene rings is 1. The smallest absolute Gasteiger partial charge is 0.258 e. The van der Waals surface area contributed by atoms with E-state index in [0.29, 0.717) is 11.6 Å². The van der Waals surface area contributed by atoms with Crippen molar-refractivity contribution in [2.24, 2.45) is 0 Å². The molecule has 0 bridgehead atoms. The van der Waals surface area contributed by atoms with Gasteiger partial charge in [-0.2, -0.15) is 0 Å². The van der Waals surface area contributed by atoms with Crippen LogP contribution in [0.25, 0.3) is 17.9 Å². The third-order valence-electron chi connectivity index (χ3n) is 2.69. The van der Waals surface area contributed by atoms with E-state index in [2.05, 4.69) is 15.1 Å². The number of aromatic amines is 1. The van der Waals surface area contributed by atoms with Gasteiger partial charge in [-0.1, -0.05) is 35.3 Å². The second-order valence-electron chi connectivity index (χ2n) is 4.09. The predicted octanol–water partition coefficient (Wildman–Crippen LogP) is 1.62. The highest BCUT2D eigenvalue weighted by molar-refractivity contribution is 5.66. The van der Waals surface area contributed by atoms with Crippen molar-refractivity contribution < 1.29 is 9.44 Å². The molecule has 2 aromatic heterocycles. The van der Waals surface area contributed by atoms with Gasteiger partial charge in [-0.3, -0.25) is 10.1 Å². The second-order valence-corrected chi connectivity index (χ2v) is 4.09. The van der Waals surface area contributed by atoms with Gasteiger partial charge >= 0.3 is 11.5 Å². The van der Waals surface area contributed by atoms with Gasteiger partial charge in [0.25, 0.3) is 0 Å². The number of hydrogen-bond acceptors (Lipinski definition) is 4. The lowest BCUT2D eigenvalue weighted by molar-refractivity contribution is -0.585. The SMILES string of the molecule is O=[N+]([O-])c1cnc2nc(/C=C/c3ccccc3)[nH][n+]2c1. The van der Waals surface area contributed by atoms with Crippen LogP contribution >= 0.6 is 0 Å². The van der Waals surface area contributed by atoms with E-state index in [9.17, 15) is 10.1 Å². The molecule has 0 saturated carbocycles. The molecule has 20 heavy (non-hydrogen) atoms. The average molecular weight is 268 g/mol. The monoisotopic (exact) mass is 268 g/mol. The Bertz CT molecular complexity index is 795. The minimum atomic E-state index is -0.500. The number of fused-ring (bicyclic) bond motifs is 1. The van der Waals surface area contributed by atoms with E-state index in [4.69, 9.17) is 0 Å². The van der Waals surface area contributed by atoms with Crippen LogP contribution in [-0.4, -0.2) is 20.0 Å². The quantitative estimate of drug-likeness (QED) is 0.444. The Labute approximate surface area is 113 Å². The Hall–Kier alpha value is -3.09. The minimum Gasteiger partial charge on any atom is -0.258 e. The first-order chi connectivity index (χ1) is 9.72. The molecular formula is C13H10N5O2+. The topological polar surface area (TPSA) is 88.8 Å². The van der Waals surface area contributed by atoms with E-state index in [-0.39, 0.29) is 5.69 Å². The predicted molar refractivity (Wildman–Crippen MR) is 71.6 cm³/mol. The molecule has 0 aliphatic rings. The van der Waals surface area contributed by atoms with Crippen molar-refractivity contribution in [3.05, 3.63) is 64.2 Å². The Morgan fingerprint density at radius 2 is 2.05 bits per heavy atom. The van der Waals surface area contributed by atoms with E-state index in [1.165, 1.54) is 16.9 Å². The third kappa shape index (κ3) is 2.37. The van der Waals surface area contributed by atoms with Crippen molar-refractivity contribution in [3.8, 4) is 0 Å². The van der Waals surface area contributed by atoms with Gasteiger partial charge in [0.2, 0.25) is 5.82 Å². The molecule has 0 amide bonds. The van der Waals surface area contributed by atoms with Gasteiger partial charge in [0.05, 0.1) is 4.92 Å². The van der Waals surface area contributed by atoms with Crippen LogP contribution in [0.4, 0.5) is 5.69 Å². The van der Waals surface area contributed by atoms with E-state index in [1.54, 1.807) is 6.08 Å². The molecule has 3 aromatic rings. The molecule has 1 aromatic carbocycles. The fourth-order valence-electron chi connectivity index (χ4n) is 1.74. The zero-order chi connectivity index (χ0) is 13.9. The number of rotatable bonds is 3. The van der Waals surface area contributed by atoms with Crippen molar-refractivity contribution in [1.29, 1.82) is 0 Å². The highest BCUT2D eigenvalue weighted by atomic mass is 16.6. The van der Waals surface area contributed by atoms with Gasteiger partial charge in [0.1, 0.15) is 0 Å². The fourth-order valence-corrected chi connectivity index (χ4v) is 1.74. The van der Waals surface area contributed by atoms with E-state index >= 15 is 0 Å². The summed E-state index contributed by atoms with van der Waals surface area (Å²) in [6, 6.07) is 9.76. The van der Waals surface area contributed by atoms with Crippen molar-refractivity contribution in [2.45, 2.75) is 0 Å². The Morgan fingerprint density at radius 3 is 2.80 bits per heavy atom. The van der Waals surface area contributed by atoms with E-state index < -0.39 is 4.92 Å². The first kappa shape index (κ1) is 12.0. The average Bonchev–Trinajstić information content (AvgIpc) is 2.88. The van der Waals surface area contributed by atoms with Gasteiger partial charge in [-0.15, -0.1) is 4.52 Å². The van der Waals surface area contributed by atoms with Gasteiger partial charge in [-0.25, -0.2) is 5.10 Å². The van der Waals surface area contributed by atoms with Crippen LogP contribution in [0, 0.1) is 10.1 Å². The fraction of sp³-hybridized carbons (Fsp3) is 0. The molecule has 98 valence electrons. The first-order valence-electron chi connectivity index (χ1n) is 5.87. The summed E-state index contributed by atoms with van der Waals surface area (Å²) in [4.78, 5) is 18.3. The summed E-state index contributed by atoms with van der Waals surface area (Å²) < 4.78 is 1.42. The lowest BCUT2D eigenvalue weighted by Gasteiger charge is -1.88. The summed E-state index contributed by atoms with van der Waals surface area (Å²) >= 11 is 0. The summed E-state index contributed by atoms with van der Waals surface area (Å²) in [5.41, 5.74) is 0.946. The summed E-state index contributed by atoms with van der Waals surface area (Å²) in [6.45, 7) is 0. The molecule has 3 rings (SSSR count). The zero-order valence-electron chi connectivity index (χ0n) is 10.3. The van der Waals surface area contributed by atoms with Crippen molar-refractivity contribution >= 4 is 23.6 Å². The van der Waals surface area contributed by atoms with Crippen LogP contribution in [0.5, 0.6) is 0 Å². The third-order valence-corrected chi connectivity index (χ3v) is 2.69. The minimum absolute atomic E-state index is 0.0928. The maximum atomic E-state index is 10.7. The van der Waals surface area contributed by atoms with Crippen molar-refractivity contribution in [2.75, 3.05) is 0 Å². The van der Waals surface area contributed by atoms with Gasteiger partial charge in [0, 0.05) is 6.08 Å². The lowest BCUT2D eigenvalue weighted by atomic mass is 10.2. The Balaban J connectivity index is 1.93. The number of nitro groups is 1. The largest absolute Gasteiger partial charge is 0.457 e. The Kier molecular flexibility index (Phi) is 2.92. The standard InChI is InChI=1S/C13H9N5O2/c19-18(20)11-8-14-13-15-12(16-17(13)9-11)7-6-10-4-2-1-3-5-10/h1-9H/p+1/b7-6+. The van der Waals surface area contributed by atoms with Gasteiger partial charge < -0.3 is 0 Å². The maximum absolute atomic E-state index is 10.7. The van der Waals surface area contributed by atoms with Crippen LogP contribution in [-0.2, 0) is 0 Å². The molecule has 0 fully saturated rings. The number of aromatic nitrogens is 4. The molecule has 0 saturated heterocycles. The molecule has 7 heteroatoms. The van der Waals surface area contributed by atoms with Crippen LogP contribution in [0.3, 0.4) is 0 Å². The number of hydrogen-bond donors (Lipinski definition) is 1.